The molecule has 3 heterocycles. The van der Waals surface area contributed by atoms with Crippen molar-refractivity contribution < 1.29 is 13.2 Å². The quantitative estimate of drug-likeness (QED) is 0.568. The van der Waals surface area contributed by atoms with Crippen LogP contribution in [-0.2, 0) is 6.54 Å². The lowest BCUT2D eigenvalue weighted by molar-refractivity contribution is -0.158. The fourth-order valence-corrected chi connectivity index (χ4v) is 3.91. The van der Waals surface area contributed by atoms with Gasteiger partial charge in [-0.25, -0.2) is 19.5 Å². The van der Waals surface area contributed by atoms with Gasteiger partial charge in [0.1, 0.15) is 30.8 Å². The molecule has 0 spiro atoms. The van der Waals surface area contributed by atoms with E-state index < -0.39 is 25.2 Å². The summed E-state index contributed by atoms with van der Waals surface area (Å²) in [6.45, 7) is -0.988. The standard InChI is InChI=1S/C23H23F3N8/c24-23(25,26)12-33-21(27)20-19(10-7-17(31-20)6-3-15-1-2-15)32(22(33)28)11-16-4-8-18(9-5-16)34-14-29-13-30-34/h4-5,7-10,13-15,21-22H,1-2,11-12,27-28H2. The first kappa shape index (κ1) is 22.3. The number of pyridine rings is 1. The summed E-state index contributed by atoms with van der Waals surface area (Å²) in [6, 6.07) is 11.0. The van der Waals surface area contributed by atoms with E-state index in [1.807, 2.05) is 24.3 Å². The Morgan fingerprint density at radius 2 is 1.82 bits per heavy atom. The van der Waals surface area contributed by atoms with Gasteiger partial charge in [-0.2, -0.15) is 18.3 Å². The zero-order valence-electron chi connectivity index (χ0n) is 18.2. The molecule has 2 aromatic heterocycles. The van der Waals surface area contributed by atoms with E-state index in [0.717, 1.165) is 29.0 Å². The van der Waals surface area contributed by atoms with Gasteiger partial charge in [0.25, 0.3) is 0 Å². The van der Waals surface area contributed by atoms with E-state index in [2.05, 4.69) is 26.9 Å². The Bertz CT molecular complexity index is 1210. The van der Waals surface area contributed by atoms with Crippen LogP contribution in [0.2, 0.25) is 0 Å². The van der Waals surface area contributed by atoms with Gasteiger partial charge >= 0.3 is 6.18 Å². The number of aromatic nitrogens is 4. The molecule has 2 unspecified atom stereocenters. The molecule has 1 saturated carbocycles. The molecule has 2 atom stereocenters. The molecule has 0 saturated heterocycles. The smallest absolute Gasteiger partial charge is 0.337 e. The van der Waals surface area contributed by atoms with Crippen LogP contribution >= 0.6 is 0 Å². The van der Waals surface area contributed by atoms with Crippen LogP contribution in [0.4, 0.5) is 18.9 Å². The predicted molar refractivity (Wildman–Crippen MR) is 119 cm³/mol. The fraction of sp³-hybridized carbons (Fsp3) is 0.348. The Morgan fingerprint density at radius 1 is 1.06 bits per heavy atom. The molecule has 0 bridgehead atoms. The van der Waals surface area contributed by atoms with Crippen molar-refractivity contribution in [2.24, 2.45) is 17.4 Å². The van der Waals surface area contributed by atoms with Crippen LogP contribution in [0.5, 0.6) is 0 Å². The number of rotatable bonds is 4. The third-order valence-corrected chi connectivity index (χ3v) is 5.82. The van der Waals surface area contributed by atoms with Gasteiger partial charge in [-0.1, -0.05) is 18.1 Å². The van der Waals surface area contributed by atoms with Gasteiger partial charge in [0, 0.05) is 12.5 Å². The van der Waals surface area contributed by atoms with Crippen LogP contribution in [0.15, 0.2) is 49.1 Å². The van der Waals surface area contributed by atoms with Crippen molar-refractivity contribution in [3.05, 3.63) is 66.0 Å². The second-order valence-electron chi connectivity index (χ2n) is 8.42. The topological polar surface area (TPSA) is 102 Å². The second kappa shape index (κ2) is 8.72. The van der Waals surface area contributed by atoms with E-state index in [1.165, 1.54) is 6.33 Å². The molecule has 1 aromatic carbocycles. The molecule has 4 N–H and O–H groups in total. The molecule has 2 aliphatic rings. The van der Waals surface area contributed by atoms with Crippen LogP contribution < -0.4 is 16.4 Å². The lowest BCUT2D eigenvalue weighted by Gasteiger charge is -2.46. The Hall–Kier alpha value is -3.46. The number of hydrogen-bond acceptors (Lipinski definition) is 7. The fourth-order valence-electron chi connectivity index (χ4n) is 3.91. The van der Waals surface area contributed by atoms with Crippen molar-refractivity contribution in [1.29, 1.82) is 0 Å². The van der Waals surface area contributed by atoms with E-state index in [4.69, 9.17) is 11.5 Å². The summed E-state index contributed by atoms with van der Waals surface area (Å²) in [5, 5.41) is 4.09. The summed E-state index contributed by atoms with van der Waals surface area (Å²) in [7, 11) is 0. The lowest BCUT2D eigenvalue weighted by Crippen LogP contribution is -2.62. The van der Waals surface area contributed by atoms with Crippen molar-refractivity contribution in [1.82, 2.24) is 24.6 Å². The van der Waals surface area contributed by atoms with E-state index in [9.17, 15) is 13.2 Å². The molecular formula is C23H23F3N8. The summed E-state index contributed by atoms with van der Waals surface area (Å²) in [5.41, 5.74) is 15.6. The molecule has 1 fully saturated rings. The summed E-state index contributed by atoms with van der Waals surface area (Å²) >= 11 is 0. The number of anilines is 1. The Kier molecular flexibility index (Phi) is 5.73. The number of benzene rings is 1. The highest BCUT2D eigenvalue weighted by atomic mass is 19.4. The molecule has 1 aliphatic carbocycles. The maximum atomic E-state index is 13.4. The monoisotopic (exact) mass is 468 g/mol. The van der Waals surface area contributed by atoms with E-state index >= 15 is 0 Å². The molecule has 5 rings (SSSR count). The zero-order chi connectivity index (χ0) is 23.9. The minimum atomic E-state index is -4.47. The highest BCUT2D eigenvalue weighted by molar-refractivity contribution is 5.57. The Labute approximate surface area is 194 Å². The summed E-state index contributed by atoms with van der Waals surface area (Å²) in [6.07, 6.45) is -1.53. The van der Waals surface area contributed by atoms with Gasteiger partial charge in [-0.15, -0.1) is 0 Å². The van der Waals surface area contributed by atoms with Gasteiger partial charge in [-0.05, 0) is 48.6 Å². The third kappa shape index (κ3) is 4.75. The highest BCUT2D eigenvalue weighted by Crippen LogP contribution is 2.36. The average Bonchev–Trinajstić information content (AvgIpc) is 3.48. The molecule has 3 aromatic rings. The summed E-state index contributed by atoms with van der Waals surface area (Å²) < 4.78 is 41.7. The van der Waals surface area contributed by atoms with Crippen molar-refractivity contribution in [3.8, 4) is 17.5 Å². The molecular weight excluding hydrogens is 445 g/mol. The molecule has 176 valence electrons. The van der Waals surface area contributed by atoms with E-state index in [1.54, 1.807) is 28.0 Å². The first-order valence-corrected chi connectivity index (χ1v) is 10.9. The van der Waals surface area contributed by atoms with Gasteiger partial charge in [0.15, 0.2) is 0 Å². The Balaban J connectivity index is 1.47. The molecule has 8 nitrogen and oxygen atoms in total. The van der Waals surface area contributed by atoms with Crippen molar-refractivity contribution in [2.75, 3.05) is 11.4 Å². The van der Waals surface area contributed by atoms with Gasteiger partial charge in [0.2, 0.25) is 0 Å². The normalized spacial score (nSPS) is 20.6. The van der Waals surface area contributed by atoms with Crippen LogP contribution in [-0.4, -0.2) is 43.7 Å². The Morgan fingerprint density at radius 3 is 2.47 bits per heavy atom. The largest absolute Gasteiger partial charge is 0.401 e. The van der Waals surface area contributed by atoms with Crippen LogP contribution in [0.3, 0.4) is 0 Å². The lowest BCUT2D eigenvalue weighted by atomic mass is 10.1. The molecule has 0 amide bonds. The minimum absolute atomic E-state index is 0.266. The first-order chi connectivity index (χ1) is 16.3. The van der Waals surface area contributed by atoms with E-state index in [-0.39, 0.29) is 6.54 Å². The molecule has 34 heavy (non-hydrogen) atoms. The molecule has 0 radical (unpaired) electrons. The molecule has 11 heteroatoms. The van der Waals surface area contributed by atoms with E-state index in [0.29, 0.717) is 23.0 Å². The average molecular weight is 468 g/mol. The predicted octanol–water partition coefficient (Wildman–Crippen LogP) is 2.51. The highest BCUT2D eigenvalue weighted by Gasteiger charge is 2.42. The number of hydrogen-bond donors (Lipinski definition) is 2. The third-order valence-electron chi connectivity index (χ3n) is 5.82. The number of nitrogens with zero attached hydrogens (tertiary/aromatic N) is 6. The first-order valence-electron chi connectivity index (χ1n) is 10.9. The van der Waals surface area contributed by atoms with Gasteiger partial charge in [0.05, 0.1) is 23.6 Å². The zero-order valence-corrected chi connectivity index (χ0v) is 18.2. The van der Waals surface area contributed by atoms with Gasteiger partial charge < -0.3 is 10.6 Å². The second-order valence-corrected chi connectivity index (χ2v) is 8.42. The number of halogens is 3. The number of fused-ring (bicyclic) bond motifs is 1. The number of alkyl halides is 3. The van der Waals surface area contributed by atoms with Gasteiger partial charge in [-0.3, -0.25) is 5.73 Å². The summed E-state index contributed by atoms with van der Waals surface area (Å²) in [5.74, 6) is 6.51. The maximum absolute atomic E-state index is 13.4. The van der Waals surface area contributed by atoms with Crippen LogP contribution in [0, 0.1) is 17.8 Å². The van der Waals surface area contributed by atoms with Crippen LogP contribution in [0.25, 0.3) is 5.69 Å². The maximum Gasteiger partial charge on any atom is 0.401 e. The van der Waals surface area contributed by atoms with Crippen molar-refractivity contribution >= 4 is 5.69 Å². The SMILES string of the molecule is NC1c2nc(C#CC3CC3)ccc2N(Cc2ccc(-n3cncn3)cc2)C(N)N1CC(F)(F)F. The molecule has 1 aliphatic heterocycles. The number of nitrogens with two attached hydrogens (primary N) is 2. The van der Waals surface area contributed by atoms with Crippen molar-refractivity contribution in [2.45, 2.75) is 38.0 Å². The van der Waals surface area contributed by atoms with Crippen molar-refractivity contribution in [3.63, 3.8) is 0 Å². The van der Waals surface area contributed by atoms with Crippen LogP contribution in [0.1, 0.15) is 36.0 Å². The minimum Gasteiger partial charge on any atom is -0.337 e. The summed E-state index contributed by atoms with van der Waals surface area (Å²) in [4.78, 5) is 11.1.